The molecule has 448 valence electrons. The van der Waals surface area contributed by atoms with Crippen molar-refractivity contribution in [2.24, 2.45) is 0 Å². The van der Waals surface area contributed by atoms with Crippen molar-refractivity contribution < 1.29 is 116 Å². The average Bonchev–Trinajstić information content (AvgIpc) is 3.55. The summed E-state index contributed by atoms with van der Waals surface area (Å²) in [5.41, 5.74) is 2.78. The van der Waals surface area contributed by atoms with Crippen LogP contribution in [0.3, 0.4) is 0 Å². The summed E-state index contributed by atoms with van der Waals surface area (Å²) in [4.78, 5) is 23.1. The van der Waals surface area contributed by atoms with Crippen LogP contribution in [0.5, 0.6) is 23.0 Å². The lowest BCUT2D eigenvalue weighted by Gasteiger charge is -2.41. The van der Waals surface area contributed by atoms with E-state index in [4.69, 9.17) is 37.9 Å². The number of benzene rings is 4. The van der Waals surface area contributed by atoms with Crippen molar-refractivity contribution in [1.29, 1.82) is 0 Å². The number of halogens is 4. The molecule has 1 unspecified atom stereocenters. The standard InChI is InChI=1S/2C28H33F2NO10/c2*29-15-3-7-18-13(9-15)1-5-20(38-18)17(32)11-31-12-22(21-6-2-14-10-16(30)4-8-19(14)39-21)40-28-25(35)23(33)24(34)26(41-28)27(36)37/h2*3-4,7-10,17,20-26,28,31-35H,1-2,5-6,11-12H2,(H,36,37)/t17-,20+,21-,22-,23+,24+,25-,26+,28-;17-,20-,21+,22-,23+,24+,25-,26+,28?/m11/s1. The second kappa shape index (κ2) is 26.8. The van der Waals surface area contributed by atoms with Gasteiger partial charge >= 0.3 is 11.9 Å². The van der Waals surface area contributed by atoms with Crippen LogP contribution in [0.2, 0.25) is 0 Å². The highest BCUT2D eigenvalue weighted by Gasteiger charge is 2.50. The number of aliphatic hydroxyl groups is 8. The third-order valence-electron chi connectivity index (χ3n) is 15.3. The van der Waals surface area contributed by atoms with Crippen LogP contribution < -0.4 is 29.6 Å². The summed E-state index contributed by atoms with van der Waals surface area (Å²) in [5, 5.41) is 108. The van der Waals surface area contributed by atoms with Crippen molar-refractivity contribution >= 4 is 11.9 Å². The number of carboxylic acid groups (broad SMARTS) is 2. The van der Waals surface area contributed by atoms with Crippen LogP contribution in [0.1, 0.15) is 47.9 Å². The molecule has 0 amide bonds. The SMILES string of the molecule is O=C(O)[C@H]1OC(O[C@H](CNC[C@@H](O)[C@H]2CCc3cc(F)ccc3O2)[C@@H]2CCc3cc(F)ccc3O2)[C@H](O)[C@@H](O)[C@@H]1O.O=C(O)[C@H]1O[C@@H](O[C@H](CNC[C@@H](O)[C@@H]2CCc3cc(F)ccc3O2)[C@H]2CCc3cc(F)ccc3O2)[C@H](O)[C@@H](O)[C@@H]1O. The number of aliphatic carboxylic acids is 2. The Morgan fingerprint density at radius 2 is 0.744 bits per heavy atom. The molecule has 2 saturated heterocycles. The lowest BCUT2D eigenvalue weighted by atomic mass is 9.97. The smallest absolute Gasteiger partial charge is 0.335 e. The molecule has 10 rings (SSSR count). The molecule has 0 aliphatic carbocycles. The van der Waals surface area contributed by atoms with Crippen LogP contribution in [-0.4, -0.2) is 199 Å². The number of ether oxygens (including phenoxy) is 8. The van der Waals surface area contributed by atoms with Gasteiger partial charge in [0.1, 0.15) is 132 Å². The number of rotatable bonds is 18. The maximum Gasteiger partial charge on any atom is 0.335 e. The fourth-order valence-corrected chi connectivity index (χ4v) is 10.8. The number of fused-ring (bicyclic) bond motifs is 4. The van der Waals surface area contributed by atoms with Crippen LogP contribution >= 0.6 is 0 Å². The van der Waals surface area contributed by atoms with Gasteiger partial charge in [0.25, 0.3) is 0 Å². The minimum absolute atomic E-state index is 0.0374. The van der Waals surface area contributed by atoms with E-state index >= 15 is 0 Å². The van der Waals surface area contributed by atoms with Gasteiger partial charge in [-0.25, -0.2) is 27.2 Å². The average molecular weight is 1160 g/mol. The summed E-state index contributed by atoms with van der Waals surface area (Å²) in [6.45, 7) is 0.191. The van der Waals surface area contributed by atoms with E-state index < -0.39 is 134 Å². The lowest BCUT2D eigenvalue weighted by molar-refractivity contribution is -0.309. The Bertz CT molecular complexity index is 2660. The molecule has 22 nitrogen and oxygen atoms in total. The lowest BCUT2D eigenvalue weighted by Crippen LogP contribution is -2.62. The maximum atomic E-state index is 13.7. The maximum absolute atomic E-state index is 13.7. The summed E-state index contributed by atoms with van der Waals surface area (Å²) in [6, 6.07) is 16.7. The first kappa shape index (κ1) is 60.8. The molecular formula is C56H66F4N2O20. The third kappa shape index (κ3) is 14.4. The highest BCUT2D eigenvalue weighted by molar-refractivity contribution is 5.74. The first-order valence-electron chi connectivity index (χ1n) is 26.9. The molecule has 0 aromatic heterocycles. The topological polar surface area (TPSA) is 334 Å². The van der Waals surface area contributed by atoms with Crippen LogP contribution in [0.4, 0.5) is 17.6 Å². The second-order valence-electron chi connectivity index (χ2n) is 21.1. The first-order valence-corrected chi connectivity index (χ1v) is 26.9. The molecule has 18 atom stereocenters. The Labute approximate surface area is 466 Å². The van der Waals surface area contributed by atoms with Gasteiger partial charge in [0, 0.05) is 26.2 Å². The van der Waals surface area contributed by atoms with Crippen molar-refractivity contribution in [3.63, 3.8) is 0 Å². The molecule has 4 aromatic carbocycles. The highest BCUT2D eigenvalue weighted by Crippen LogP contribution is 2.35. The number of hydrogen-bond acceptors (Lipinski definition) is 20. The Hall–Kier alpha value is -5.82. The summed E-state index contributed by atoms with van der Waals surface area (Å²) < 4.78 is 101. The number of aryl methyl sites for hydroxylation is 4. The number of aliphatic hydroxyl groups excluding tert-OH is 8. The largest absolute Gasteiger partial charge is 0.487 e. The number of carboxylic acids is 2. The van der Waals surface area contributed by atoms with Crippen molar-refractivity contribution in [3.05, 3.63) is 118 Å². The minimum atomic E-state index is -1.88. The first-order chi connectivity index (χ1) is 39.2. The number of hydrogen-bond donors (Lipinski definition) is 12. The van der Waals surface area contributed by atoms with Gasteiger partial charge in [-0.2, -0.15) is 0 Å². The fourth-order valence-electron chi connectivity index (χ4n) is 10.8. The van der Waals surface area contributed by atoms with E-state index in [2.05, 4.69) is 10.6 Å². The van der Waals surface area contributed by atoms with Crippen LogP contribution in [-0.2, 0) is 54.2 Å². The fraction of sp³-hybridized carbons (Fsp3) is 0.536. The van der Waals surface area contributed by atoms with E-state index in [0.29, 0.717) is 85.5 Å². The van der Waals surface area contributed by atoms with Gasteiger partial charge < -0.3 is 99.6 Å². The van der Waals surface area contributed by atoms with Gasteiger partial charge in [-0.05, 0) is 146 Å². The third-order valence-corrected chi connectivity index (χ3v) is 15.3. The van der Waals surface area contributed by atoms with Crippen LogP contribution in [0.25, 0.3) is 0 Å². The predicted octanol–water partition coefficient (Wildman–Crippen LogP) is 0.560. The summed E-state index contributed by atoms with van der Waals surface area (Å²) in [6.07, 6.45) is -20.4. The van der Waals surface area contributed by atoms with E-state index in [1.165, 1.54) is 72.8 Å². The molecule has 6 heterocycles. The molecule has 0 spiro atoms. The Morgan fingerprint density at radius 1 is 0.451 bits per heavy atom. The molecule has 4 aromatic rings. The zero-order chi connectivity index (χ0) is 58.5. The normalized spacial score (nSPS) is 30.7. The molecule has 12 N–H and O–H groups in total. The summed E-state index contributed by atoms with van der Waals surface area (Å²) in [7, 11) is 0. The van der Waals surface area contributed by atoms with Gasteiger partial charge in [-0.15, -0.1) is 0 Å². The van der Waals surface area contributed by atoms with E-state index in [1.807, 2.05) is 0 Å². The van der Waals surface area contributed by atoms with Gasteiger partial charge in [-0.3, -0.25) is 0 Å². The monoisotopic (exact) mass is 1160 g/mol. The van der Waals surface area contributed by atoms with Gasteiger partial charge in [0.2, 0.25) is 0 Å². The number of nitrogens with one attached hydrogen (secondary N) is 2. The quantitative estimate of drug-likeness (QED) is 0.0606. The molecule has 82 heavy (non-hydrogen) atoms. The predicted molar refractivity (Wildman–Crippen MR) is 273 cm³/mol. The molecule has 6 aliphatic heterocycles. The van der Waals surface area contributed by atoms with E-state index in [1.54, 1.807) is 0 Å². The molecule has 0 saturated carbocycles. The molecule has 26 heteroatoms. The van der Waals surface area contributed by atoms with Crippen molar-refractivity contribution in [3.8, 4) is 23.0 Å². The van der Waals surface area contributed by atoms with Crippen molar-refractivity contribution in [2.45, 2.75) is 162 Å². The molecule has 2 fully saturated rings. The molecular weight excluding hydrogens is 1100 g/mol. The highest BCUT2D eigenvalue weighted by atomic mass is 19.1. The van der Waals surface area contributed by atoms with E-state index in [-0.39, 0.29) is 37.8 Å². The Balaban J connectivity index is 0.000000198. The zero-order valence-electron chi connectivity index (χ0n) is 43.9. The molecule has 0 radical (unpaired) electrons. The van der Waals surface area contributed by atoms with Crippen molar-refractivity contribution in [1.82, 2.24) is 10.6 Å². The second-order valence-corrected chi connectivity index (χ2v) is 21.1. The van der Waals surface area contributed by atoms with Gasteiger partial charge in [0.15, 0.2) is 24.8 Å². The Kier molecular flexibility index (Phi) is 19.9. The molecule has 6 aliphatic rings. The molecule has 0 bridgehead atoms. The van der Waals surface area contributed by atoms with E-state index in [0.717, 1.165) is 11.1 Å². The zero-order valence-corrected chi connectivity index (χ0v) is 43.9. The summed E-state index contributed by atoms with van der Waals surface area (Å²) in [5.74, 6) is -2.74. The van der Waals surface area contributed by atoms with Gasteiger partial charge in [-0.1, -0.05) is 0 Å². The minimum Gasteiger partial charge on any atom is -0.487 e. The summed E-state index contributed by atoms with van der Waals surface area (Å²) >= 11 is 0. The van der Waals surface area contributed by atoms with Gasteiger partial charge in [0.05, 0.1) is 0 Å². The number of carbonyl (C=O) groups is 2. The van der Waals surface area contributed by atoms with E-state index in [9.17, 15) is 78.2 Å². The Morgan fingerprint density at radius 3 is 1.05 bits per heavy atom. The van der Waals surface area contributed by atoms with Crippen LogP contribution in [0.15, 0.2) is 72.8 Å². The van der Waals surface area contributed by atoms with Crippen LogP contribution in [0, 0.1) is 23.3 Å². The van der Waals surface area contributed by atoms with Crippen molar-refractivity contribution in [2.75, 3.05) is 26.2 Å².